The summed E-state index contributed by atoms with van der Waals surface area (Å²) in [5.74, 6) is 9.13. The minimum Gasteiger partial charge on any atom is -0.461 e. The molecule has 5 amide bonds. The molecule has 0 saturated heterocycles. The van der Waals surface area contributed by atoms with E-state index in [1.54, 1.807) is 25.4 Å². The smallest absolute Gasteiger partial charge is 0.356 e. The molecule has 20 heteroatoms. The molecular formula is C73H85AlN10O9. The maximum atomic E-state index is 13.6. The topological polar surface area (TPSA) is 235 Å². The molecule has 0 unspecified atom stereocenters. The lowest BCUT2D eigenvalue weighted by molar-refractivity contribution is 0.0519. The lowest BCUT2D eigenvalue weighted by Crippen LogP contribution is -2.42. The molecule has 2 atom stereocenters. The van der Waals surface area contributed by atoms with Gasteiger partial charge in [-0.15, -0.1) is 17.4 Å². The van der Waals surface area contributed by atoms with E-state index in [1.807, 2.05) is 153 Å². The fraction of sp³-hybridized carbons (Fsp3) is 0.342. The number of hydrogen-bond donors (Lipinski definition) is 4. The van der Waals surface area contributed by atoms with Crippen molar-refractivity contribution >= 4 is 38.1 Å². The van der Waals surface area contributed by atoms with Gasteiger partial charge in [0.2, 0.25) is 13.6 Å². The molecule has 4 aliphatic heterocycles. The number of carbonyl (C=O) groups excluding carboxylic acids is 4. The van der Waals surface area contributed by atoms with Crippen LogP contribution in [-0.4, -0.2) is 100 Å². The van der Waals surface area contributed by atoms with Crippen LogP contribution in [0.5, 0.6) is 23.0 Å². The highest BCUT2D eigenvalue weighted by molar-refractivity contribution is 6.54. The van der Waals surface area contributed by atoms with Crippen molar-refractivity contribution in [2.75, 3.05) is 20.2 Å². The molecule has 0 bridgehead atoms. The van der Waals surface area contributed by atoms with Gasteiger partial charge in [-0.05, 0) is 142 Å². The molecule has 4 aliphatic rings. The van der Waals surface area contributed by atoms with Crippen LogP contribution in [0.4, 0.5) is 9.59 Å². The zero-order chi connectivity index (χ0) is 66.1. The molecule has 4 aromatic carbocycles. The molecule has 93 heavy (non-hydrogen) atoms. The third kappa shape index (κ3) is 17.2. The molecule has 4 aromatic heterocycles. The van der Waals surface area contributed by atoms with E-state index >= 15 is 0 Å². The first-order valence-electron chi connectivity index (χ1n) is 32.1. The number of rotatable bonds is 16. The van der Waals surface area contributed by atoms with E-state index in [-0.39, 0.29) is 75.4 Å². The quantitative estimate of drug-likeness (QED) is 0.0520. The Hall–Kier alpha value is -9.35. The predicted octanol–water partition coefficient (Wildman–Crippen LogP) is 14.3. The van der Waals surface area contributed by atoms with E-state index in [9.17, 15) is 19.2 Å². The second-order valence-corrected chi connectivity index (χ2v) is 27.8. The number of esters is 1. The van der Waals surface area contributed by atoms with Crippen molar-refractivity contribution in [2.24, 2.45) is 5.73 Å². The van der Waals surface area contributed by atoms with E-state index in [2.05, 4.69) is 69.3 Å². The minimum absolute atomic E-state index is 0.00441. The zero-order valence-corrected chi connectivity index (χ0v) is 56.1. The molecule has 5 N–H and O–H groups in total. The van der Waals surface area contributed by atoms with Crippen LogP contribution in [0.15, 0.2) is 146 Å². The number of fused-ring (bicyclic) bond motifs is 4. The Kier molecular flexibility index (Phi) is 23.6. The van der Waals surface area contributed by atoms with Gasteiger partial charge in [-0.3, -0.25) is 14.8 Å². The van der Waals surface area contributed by atoms with Crippen molar-refractivity contribution in [1.29, 1.82) is 0 Å². The van der Waals surface area contributed by atoms with Crippen molar-refractivity contribution in [2.45, 2.75) is 142 Å². The van der Waals surface area contributed by atoms with Crippen molar-refractivity contribution < 1.29 is 42.9 Å². The Labute approximate surface area is 550 Å². The number of amides is 5. The standard InChI is InChI=1S/C34H35N5O4.C28H32N4O3.C8H9NO2.3CH3.Al/c1-4-7-28-31-26(19-39(28)34(41)37-21(2)3)16-27(33(40)36-17-22-11-12-29-30(14-22)43-20-42-29)38-32(31)24-9-5-8-23(15-24)25-10-6-13-35-18-25;1-5-9-24-25-22(17-32(24)28(34)30-18(3)4)15-23(27(33)35-6-2)31-26(25)20-11-7-10-19(14-20)21-12-8-13-29-16-21;9-4-6-1-2-7-8(3-6)11-5-10-7;;;;/h5-6,8-16,18,21,28H,4,7,17,19-20H2,1-3H3,(H,36,40)(H,37,41);7-8,10-16,18,24H,5-6,9,17H2,1-4H3,(H,30,34);1-3H,4-5,9H2;3*1H3;/t28-;24-;;;;;/m11...../s1. The molecule has 19 nitrogen and oxygen atoms in total. The van der Waals surface area contributed by atoms with Gasteiger partial charge in [0, 0.05) is 96.4 Å². The number of aromatic nitrogens is 4. The molecule has 12 rings (SSSR count). The van der Waals surface area contributed by atoms with Gasteiger partial charge in [-0.1, -0.05) is 87.4 Å². The number of ether oxygens (including phenoxy) is 5. The third-order valence-electron chi connectivity index (χ3n) is 15.4. The largest absolute Gasteiger partial charge is 0.461 e. The summed E-state index contributed by atoms with van der Waals surface area (Å²) >= 11 is -0.139. The fourth-order valence-corrected chi connectivity index (χ4v) is 11.4. The molecule has 0 spiro atoms. The van der Waals surface area contributed by atoms with Gasteiger partial charge in [0.1, 0.15) is 11.4 Å². The van der Waals surface area contributed by atoms with Gasteiger partial charge in [0.25, 0.3) is 20.1 Å². The number of nitrogens with zero attached hydrogens (tertiary/aromatic N) is 6. The molecule has 0 radical (unpaired) electrons. The van der Waals surface area contributed by atoms with Crippen LogP contribution in [0.2, 0.25) is 17.4 Å². The Morgan fingerprint density at radius 3 is 1.46 bits per heavy atom. The maximum absolute atomic E-state index is 13.6. The van der Waals surface area contributed by atoms with Crippen LogP contribution >= 0.6 is 0 Å². The number of nitrogens with one attached hydrogen (secondary N) is 3. The lowest BCUT2D eigenvalue weighted by Gasteiger charge is -2.27. The number of pyridine rings is 4. The molecule has 484 valence electrons. The van der Waals surface area contributed by atoms with Crippen LogP contribution in [0.25, 0.3) is 44.8 Å². The second kappa shape index (κ2) is 32.3. The zero-order valence-electron chi connectivity index (χ0n) is 55.0. The van der Waals surface area contributed by atoms with Gasteiger partial charge < -0.3 is 55.2 Å². The summed E-state index contributed by atoms with van der Waals surface area (Å²) in [6, 6.07) is 38.5. The Balaban J connectivity index is 0.000000181. The number of carbonyl (C=O) groups is 4. The van der Waals surface area contributed by atoms with Gasteiger partial charge in [0.15, 0.2) is 23.0 Å². The average Bonchev–Trinajstić information content (AvgIpc) is 1.65. The van der Waals surface area contributed by atoms with Crippen LogP contribution in [0.3, 0.4) is 0 Å². The van der Waals surface area contributed by atoms with E-state index in [0.29, 0.717) is 50.2 Å². The summed E-state index contributed by atoms with van der Waals surface area (Å²) < 4.78 is 26.5. The summed E-state index contributed by atoms with van der Waals surface area (Å²) in [6.07, 6.45) is 10.5. The van der Waals surface area contributed by atoms with Crippen molar-refractivity contribution in [3.8, 4) is 67.8 Å². The highest BCUT2D eigenvalue weighted by atomic mass is 27.2. The average molecular weight is 1270 g/mol. The van der Waals surface area contributed by atoms with Gasteiger partial charge in [0.05, 0.1) is 30.1 Å². The molecule has 0 fully saturated rings. The summed E-state index contributed by atoms with van der Waals surface area (Å²) in [4.78, 5) is 74.8. The van der Waals surface area contributed by atoms with Crippen LogP contribution in [0, 0.1) is 0 Å². The number of hydrogen-bond acceptors (Lipinski definition) is 14. The van der Waals surface area contributed by atoms with Crippen LogP contribution < -0.4 is 40.6 Å². The van der Waals surface area contributed by atoms with Crippen molar-refractivity contribution in [3.63, 3.8) is 0 Å². The molecule has 8 aromatic rings. The Bertz CT molecular complexity index is 3890. The fourth-order valence-electron chi connectivity index (χ4n) is 11.4. The summed E-state index contributed by atoms with van der Waals surface area (Å²) in [5.41, 5.74) is 19.0. The van der Waals surface area contributed by atoms with E-state index < -0.39 is 5.97 Å². The SMILES string of the molecule is CCC[C@@H]1c2c(cc(C(=O)NCc3ccc4c(c3)OCO4)nc2-c2cccc(-c3cccnc3)c2)CN1C(=O)NC(C)C.CCC[C@@H]1c2c(cc(C(=O)OCC)nc2-c2cccc(-c3cccnc3)c2)CN1C(=O)NC(C)C.NCc1ccc2c(c1)OCO2.[CH3][Al]([CH3])[CH3]. The van der Waals surface area contributed by atoms with E-state index in [4.69, 9.17) is 39.4 Å². The molecule has 0 aliphatic carbocycles. The minimum atomic E-state index is -0.461. The summed E-state index contributed by atoms with van der Waals surface area (Å²) in [5, 5.41) is 9.09. The number of benzene rings is 4. The highest BCUT2D eigenvalue weighted by Gasteiger charge is 2.39. The monoisotopic (exact) mass is 1270 g/mol. The predicted molar refractivity (Wildman–Crippen MR) is 363 cm³/mol. The number of urea groups is 2. The van der Waals surface area contributed by atoms with Gasteiger partial charge >= 0.3 is 18.0 Å². The Morgan fingerprint density at radius 1 is 0.570 bits per heavy atom. The molecule has 0 saturated carbocycles. The van der Waals surface area contributed by atoms with Gasteiger partial charge in [-0.2, -0.15) is 0 Å². The summed E-state index contributed by atoms with van der Waals surface area (Å²) in [6.45, 7) is 16.3. The first-order chi connectivity index (χ1) is 45.0. The lowest BCUT2D eigenvalue weighted by atomic mass is 9.93. The van der Waals surface area contributed by atoms with Crippen LogP contribution in [0.1, 0.15) is 141 Å². The maximum Gasteiger partial charge on any atom is 0.356 e. The van der Waals surface area contributed by atoms with E-state index in [1.165, 1.54) is 0 Å². The molecular weight excluding hydrogens is 1190 g/mol. The highest BCUT2D eigenvalue weighted by Crippen LogP contribution is 2.45. The first kappa shape index (κ1) is 68.0. The van der Waals surface area contributed by atoms with Gasteiger partial charge in [-0.25, -0.2) is 24.4 Å². The first-order valence-corrected chi connectivity index (χ1v) is 35.6. The van der Waals surface area contributed by atoms with Crippen LogP contribution in [-0.2, 0) is 30.9 Å². The summed E-state index contributed by atoms with van der Waals surface area (Å²) in [7, 11) is 0. The normalized spacial score (nSPS) is 14.3. The Morgan fingerprint density at radius 2 is 1.01 bits per heavy atom. The third-order valence-corrected chi connectivity index (χ3v) is 15.4. The second-order valence-electron chi connectivity index (χ2n) is 24.3. The molecule has 8 heterocycles. The number of nitrogens with two attached hydrogens (primary N) is 1. The van der Waals surface area contributed by atoms with Crippen molar-refractivity contribution in [3.05, 3.63) is 191 Å². The van der Waals surface area contributed by atoms with Crippen molar-refractivity contribution in [1.82, 2.24) is 45.7 Å². The van der Waals surface area contributed by atoms with E-state index in [0.717, 1.165) is 115 Å².